The van der Waals surface area contributed by atoms with Crippen LogP contribution in [0.15, 0.2) is 12.7 Å². The number of ketones is 1. The molecule has 1 saturated carbocycles. The molecule has 2 atom stereocenters. The first-order valence-electron chi connectivity index (χ1n) is 6.21. The van der Waals surface area contributed by atoms with E-state index in [2.05, 4.69) is 6.58 Å². The molecule has 0 spiro atoms. The van der Waals surface area contributed by atoms with Gasteiger partial charge in [-0.1, -0.05) is 6.08 Å². The molecule has 0 bridgehead atoms. The third kappa shape index (κ3) is 3.99. The van der Waals surface area contributed by atoms with Gasteiger partial charge in [0, 0.05) is 6.42 Å². The molecule has 0 amide bonds. The molecule has 0 saturated heterocycles. The monoisotopic (exact) mass is 238 g/mol. The molecule has 0 heterocycles. The van der Waals surface area contributed by atoms with Gasteiger partial charge >= 0.3 is 5.97 Å². The molecule has 17 heavy (non-hydrogen) atoms. The molecule has 0 radical (unpaired) electrons. The van der Waals surface area contributed by atoms with E-state index in [4.69, 9.17) is 4.74 Å². The summed E-state index contributed by atoms with van der Waals surface area (Å²) in [5, 5.41) is 0. The molecule has 0 aromatic rings. The van der Waals surface area contributed by atoms with E-state index in [9.17, 15) is 9.59 Å². The molecule has 1 aliphatic carbocycles. The van der Waals surface area contributed by atoms with Gasteiger partial charge in [-0.25, -0.2) is 0 Å². The van der Waals surface area contributed by atoms with Gasteiger partial charge in [-0.2, -0.15) is 0 Å². The normalized spacial score (nSPS) is 25.5. The molecule has 1 aliphatic rings. The number of hydrogen-bond acceptors (Lipinski definition) is 3. The molecule has 0 N–H and O–H groups in total. The zero-order valence-corrected chi connectivity index (χ0v) is 11.0. The van der Waals surface area contributed by atoms with Gasteiger partial charge in [0.25, 0.3) is 0 Å². The number of hydrogen-bond donors (Lipinski definition) is 0. The van der Waals surface area contributed by atoms with Crippen molar-refractivity contribution in [2.75, 3.05) is 0 Å². The molecule has 1 fully saturated rings. The minimum Gasteiger partial charge on any atom is -0.459 e. The van der Waals surface area contributed by atoms with Gasteiger partial charge in [0.1, 0.15) is 17.3 Å². The minimum atomic E-state index is -0.582. The number of rotatable bonds is 3. The number of Topliss-reactive ketones (excluding diaryl/α,β-unsaturated/α-hetero) is 1. The van der Waals surface area contributed by atoms with E-state index >= 15 is 0 Å². The highest BCUT2D eigenvalue weighted by molar-refractivity contribution is 5.99. The molecule has 3 heteroatoms. The number of carbonyl (C=O) groups is 2. The first kappa shape index (κ1) is 13.9. The van der Waals surface area contributed by atoms with Gasteiger partial charge in [-0.3, -0.25) is 9.59 Å². The second-order valence-corrected chi connectivity index (χ2v) is 5.65. The summed E-state index contributed by atoms with van der Waals surface area (Å²) in [6.07, 6.45) is 4.76. The lowest BCUT2D eigenvalue weighted by atomic mass is 9.76. The molecule has 0 aromatic heterocycles. The predicted molar refractivity (Wildman–Crippen MR) is 66.5 cm³/mol. The highest BCUT2D eigenvalue weighted by Crippen LogP contribution is 2.32. The van der Waals surface area contributed by atoms with Crippen LogP contribution in [0.4, 0.5) is 0 Å². The van der Waals surface area contributed by atoms with Crippen molar-refractivity contribution in [3.05, 3.63) is 12.7 Å². The van der Waals surface area contributed by atoms with Crippen LogP contribution in [0, 0.1) is 11.8 Å². The Labute approximate surface area is 103 Å². The van der Waals surface area contributed by atoms with Gasteiger partial charge in [-0.15, -0.1) is 6.58 Å². The third-order valence-electron chi connectivity index (χ3n) is 2.95. The Kier molecular flexibility index (Phi) is 4.49. The van der Waals surface area contributed by atoms with Crippen molar-refractivity contribution >= 4 is 11.8 Å². The van der Waals surface area contributed by atoms with Gasteiger partial charge in [0.15, 0.2) is 0 Å². The van der Waals surface area contributed by atoms with E-state index in [-0.39, 0.29) is 17.7 Å². The van der Waals surface area contributed by atoms with Crippen LogP contribution in [-0.4, -0.2) is 17.4 Å². The molecule has 3 nitrogen and oxygen atoms in total. The van der Waals surface area contributed by atoms with E-state index < -0.39 is 11.5 Å². The first-order valence-corrected chi connectivity index (χ1v) is 6.21. The summed E-state index contributed by atoms with van der Waals surface area (Å²) in [5.41, 5.74) is -0.534. The lowest BCUT2D eigenvalue weighted by Crippen LogP contribution is -2.39. The van der Waals surface area contributed by atoms with Gasteiger partial charge in [0.05, 0.1) is 0 Å². The Morgan fingerprint density at radius 1 is 1.53 bits per heavy atom. The molecular formula is C14H22O3. The molecule has 0 aliphatic heterocycles. The third-order valence-corrected chi connectivity index (χ3v) is 2.95. The smallest absolute Gasteiger partial charge is 0.317 e. The summed E-state index contributed by atoms with van der Waals surface area (Å²) in [6, 6.07) is 0. The van der Waals surface area contributed by atoms with Crippen LogP contribution < -0.4 is 0 Å². The number of allylic oxidation sites excluding steroid dienone is 1. The SMILES string of the molecule is C=CCC1CCCC(=O)C1C(=O)OC(C)(C)C. The van der Waals surface area contributed by atoms with Gasteiger partial charge in [-0.05, 0) is 46.0 Å². The van der Waals surface area contributed by atoms with Crippen LogP contribution in [0.25, 0.3) is 0 Å². The van der Waals surface area contributed by atoms with Crippen molar-refractivity contribution in [3.8, 4) is 0 Å². The Morgan fingerprint density at radius 2 is 2.18 bits per heavy atom. The molecule has 96 valence electrons. The van der Waals surface area contributed by atoms with E-state index in [1.54, 1.807) is 6.08 Å². The second kappa shape index (κ2) is 5.48. The maximum absolute atomic E-state index is 12.0. The number of carbonyl (C=O) groups excluding carboxylic acids is 2. The lowest BCUT2D eigenvalue weighted by molar-refractivity contribution is -0.165. The van der Waals surface area contributed by atoms with E-state index in [0.29, 0.717) is 12.8 Å². The van der Waals surface area contributed by atoms with Crippen molar-refractivity contribution in [3.63, 3.8) is 0 Å². The summed E-state index contributed by atoms with van der Waals surface area (Å²) < 4.78 is 5.33. The zero-order chi connectivity index (χ0) is 13.1. The second-order valence-electron chi connectivity index (χ2n) is 5.65. The van der Waals surface area contributed by atoms with Crippen molar-refractivity contribution < 1.29 is 14.3 Å². The van der Waals surface area contributed by atoms with Crippen LogP contribution in [0.1, 0.15) is 46.5 Å². The summed E-state index contributed by atoms with van der Waals surface area (Å²) in [7, 11) is 0. The van der Waals surface area contributed by atoms with Crippen molar-refractivity contribution in [1.82, 2.24) is 0 Å². The van der Waals surface area contributed by atoms with Crippen LogP contribution in [0.3, 0.4) is 0 Å². The maximum atomic E-state index is 12.0. The minimum absolute atomic E-state index is 0.0253. The van der Waals surface area contributed by atoms with Crippen LogP contribution >= 0.6 is 0 Å². The molecule has 2 unspecified atom stereocenters. The average Bonchev–Trinajstić information content (AvgIpc) is 2.15. The predicted octanol–water partition coefficient (Wildman–Crippen LogP) is 2.89. The van der Waals surface area contributed by atoms with E-state index in [1.165, 1.54) is 0 Å². The number of ether oxygens (including phenoxy) is 1. The Morgan fingerprint density at radius 3 is 2.71 bits per heavy atom. The molecule has 1 rings (SSSR count). The fourth-order valence-corrected chi connectivity index (χ4v) is 2.28. The van der Waals surface area contributed by atoms with Crippen LogP contribution in [-0.2, 0) is 14.3 Å². The standard InChI is InChI=1S/C14H22O3/c1-5-7-10-8-6-9-11(15)12(10)13(16)17-14(2,3)4/h5,10,12H,1,6-9H2,2-4H3. The summed E-state index contributed by atoms with van der Waals surface area (Å²) >= 11 is 0. The van der Waals surface area contributed by atoms with Crippen LogP contribution in [0.2, 0.25) is 0 Å². The zero-order valence-electron chi connectivity index (χ0n) is 11.0. The number of esters is 1. The Bertz CT molecular complexity index is 312. The van der Waals surface area contributed by atoms with E-state index in [1.807, 2.05) is 20.8 Å². The summed E-state index contributed by atoms with van der Waals surface area (Å²) in [4.78, 5) is 23.9. The van der Waals surface area contributed by atoms with E-state index in [0.717, 1.165) is 12.8 Å². The quantitative estimate of drug-likeness (QED) is 0.431. The Balaban J connectivity index is 2.77. The van der Waals surface area contributed by atoms with Crippen LogP contribution in [0.5, 0.6) is 0 Å². The van der Waals surface area contributed by atoms with Crippen molar-refractivity contribution in [1.29, 1.82) is 0 Å². The fraction of sp³-hybridized carbons (Fsp3) is 0.714. The largest absolute Gasteiger partial charge is 0.459 e. The first-order chi connectivity index (χ1) is 7.85. The summed E-state index contributed by atoms with van der Waals surface area (Å²) in [5.74, 6) is -0.851. The summed E-state index contributed by atoms with van der Waals surface area (Å²) in [6.45, 7) is 9.15. The van der Waals surface area contributed by atoms with Gasteiger partial charge in [0.2, 0.25) is 0 Å². The topological polar surface area (TPSA) is 43.4 Å². The maximum Gasteiger partial charge on any atom is 0.317 e. The van der Waals surface area contributed by atoms with Crippen molar-refractivity contribution in [2.45, 2.75) is 52.1 Å². The molecular weight excluding hydrogens is 216 g/mol. The average molecular weight is 238 g/mol. The highest BCUT2D eigenvalue weighted by atomic mass is 16.6. The highest BCUT2D eigenvalue weighted by Gasteiger charge is 2.39. The molecule has 0 aromatic carbocycles. The fourth-order valence-electron chi connectivity index (χ4n) is 2.28. The van der Waals surface area contributed by atoms with Gasteiger partial charge < -0.3 is 4.74 Å². The lowest BCUT2D eigenvalue weighted by Gasteiger charge is -2.30. The Hall–Kier alpha value is -1.12. The van der Waals surface area contributed by atoms with Crippen molar-refractivity contribution in [2.24, 2.45) is 11.8 Å².